The van der Waals surface area contributed by atoms with Gasteiger partial charge in [0.15, 0.2) is 5.82 Å². The van der Waals surface area contributed by atoms with Gasteiger partial charge in [0.25, 0.3) is 0 Å². The largest absolute Gasteiger partial charge is 0.298 e. The van der Waals surface area contributed by atoms with E-state index in [0.717, 1.165) is 106 Å². The van der Waals surface area contributed by atoms with Crippen LogP contribution in [0.2, 0.25) is 0 Å². The van der Waals surface area contributed by atoms with E-state index in [1.54, 1.807) is 0 Å². The zero-order chi connectivity index (χ0) is 44.3. The van der Waals surface area contributed by atoms with Crippen LogP contribution in [0, 0.1) is 0 Å². The molecule has 9 aromatic carbocycles. The van der Waals surface area contributed by atoms with Crippen molar-refractivity contribution in [2.24, 2.45) is 0 Å². The SMILES string of the molecule is c1ccc(-c2nc3c4c(ccn3c2-c2cccc(-c3ccc(-c5cc(-c6ccc7ccccc7c6)nc(-c6ccc7ccccc7c6)n5)cc3)c2)c(-c2ccccc2)nc2ccccc24)cc1. The minimum absolute atomic E-state index is 0.693. The van der Waals surface area contributed by atoms with Gasteiger partial charge in [-0.3, -0.25) is 4.40 Å². The first-order chi connectivity index (χ1) is 33.2. The number of nitrogens with zero attached hydrogens (tertiary/aromatic N) is 5. The highest BCUT2D eigenvalue weighted by molar-refractivity contribution is 6.17. The molecule has 0 atom stereocenters. The van der Waals surface area contributed by atoms with Crippen molar-refractivity contribution in [3.05, 3.63) is 237 Å². The summed E-state index contributed by atoms with van der Waals surface area (Å²) in [4.78, 5) is 21.2. The van der Waals surface area contributed by atoms with Gasteiger partial charge in [-0.2, -0.15) is 0 Å². The van der Waals surface area contributed by atoms with E-state index in [4.69, 9.17) is 19.9 Å². The molecule has 4 heterocycles. The molecule has 312 valence electrons. The Bertz CT molecular complexity index is 3930. The van der Waals surface area contributed by atoms with Gasteiger partial charge < -0.3 is 0 Å². The van der Waals surface area contributed by atoms with E-state index < -0.39 is 0 Å². The zero-order valence-electron chi connectivity index (χ0n) is 36.3. The van der Waals surface area contributed by atoms with Crippen LogP contribution in [0.5, 0.6) is 0 Å². The molecule has 67 heavy (non-hydrogen) atoms. The van der Waals surface area contributed by atoms with Crippen LogP contribution in [-0.2, 0) is 0 Å². The molecule has 0 unspecified atom stereocenters. The number of imidazole rings is 1. The lowest BCUT2D eigenvalue weighted by Crippen LogP contribution is -1.96. The molecule has 0 aliphatic rings. The zero-order valence-corrected chi connectivity index (χ0v) is 36.3. The molecule has 5 nitrogen and oxygen atoms in total. The van der Waals surface area contributed by atoms with Gasteiger partial charge in [0.05, 0.1) is 34.0 Å². The molecule has 0 N–H and O–H groups in total. The predicted molar refractivity (Wildman–Crippen MR) is 277 cm³/mol. The molecule has 0 spiro atoms. The highest BCUT2D eigenvalue weighted by atomic mass is 15.0. The summed E-state index contributed by atoms with van der Waals surface area (Å²) < 4.78 is 2.27. The van der Waals surface area contributed by atoms with Crippen molar-refractivity contribution in [1.82, 2.24) is 24.3 Å². The Balaban J connectivity index is 0.932. The maximum Gasteiger partial charge on any atom is 0.160 e. The average Bonchev–Trinajstić information content (AvgIpc) is 3.81. The van der Waals surface area contributed by atoms with Gasteiger partial charge >= 0.3 is 0 Å². The monoisotopic (exact) mass is 853 g/mol. The first-order valence-corrected chi connectivity index (χ1v) is 22.6. The van der Waals surface area contributed by atoms with Crippen LogP contribution in [0.3, 0.4) is 0 Å². The molecular weight excluding hydrogens is 815 g/mol. The second-order valence-corrected chi connectivity index (χ2v) is 17.1. The summed E-state index contributed by atoms with van der Waals surface area (Å²) in [6.45, 7) is 0. The standard InChI is InChI=1S/C62H39N5/c1-3-16-44(17-4-1)58-53-34-35-67-60(59(45-18-5-2-6-19-45)66-62(67)57(53)52-24-11-12-25-54(52)63-58)50-23-13-22-48(37-50)42-26-30-43(31-27-42)55-39-56(49-32-28-40-14-7-9-20-46(40)36-49)65-61(64-55)51-33-29-41-15-8-10-21-47(41)38-51/h1-39H. The molecule has 0 amide bonds. The fourth-order valence-corrected chi connectivity index (χ4v) is 9.65. The lowest BCUT2D eigenvalue weighted by molar-refractivity contribution is 1.18. The van der Waals surface area contributed by atoms with Crippen molar-refractivity contribution >= 4 is 48.9 Å². The van der Waals surface area contributed by atoms with Crippen molar-refractivity contribution in [2.75, 3.05) is 0 Å². The predicted octanol–water partition coefficient (Wildman–Crippen LogP) is 15.8. The Kier molecular flexibility index (Phi) is 9.10. The van der Waals surface area contributed by atoms with E-state index in [-0.39, 0.29) is 0 Å². The van der Waals surface area contributed by atoms with Crippen LogP contribution in [-0.4, -0.2) is 24.3 Å². The van der Waals surface area contributed by atoms with Gasteiger partial charge in [-0.25, -0.2) is 19.9 Å². The Hall–Kier alpha value is -9.06. The van der Waals surface area contributed by atoms with Crippen LogP contribution in [0.25, 0.3) is 128 Å². The lowest BCUT2D eigenvalue weighted by atomic mass is 9.97. The van der Waals surface area contributed by atoms with E-state index in [9.17, 15) is 0 Å². The number of aromatic nitrogens is 5. The van der Waals surface area contributed by atoms with Crippen LogP contribution in [0.15, 0.2) is 237 Å². The van der Waals surface area contributed by atoms with Crippen LogP contribution < -0.4 is 0 Å². The number of fused-ring (bicyclic) bond motifs is 7. The number of hydrogen-bond acceptors (Lipinski definition) is 4. The quantitative estimate of drug-likeness (QED) is 0.150. The number of hydrogen-bond donors (Lipinski definition) is 0. The molecule has 0 saturated carbocycles. The highest BCUT2D eigenvalue weighted by Gasteiger charge is 2.22. The van der Waals surface area contributed by atoms with E-state index in [1.807, 2.05) is 6.07 Å². The molecule has 13 aromatic rings. The molecular formula is C62H39N5. The van der Waals surface area contributed by atoms with Crippen LogP contribution in [0.1, 0.15) is 0 Å². The molecule has 0 aliphatic carbocycles. The summed E-state index contributed by atoms with van der Waals surface area (Å²) in [5.74, 6) is 0.693. The molecule has 0 bridgehead atoms. The summed E-state index contributed by atoms with van der Waals surface area (Å²) in [5.41, 5.74) is 15.0. The second-order valence-electron chi connectivity index (χ2n) is 17.1. The second kappa shape index (κ2) is 15.9. The first-order valence-electron chi connectivity index (χ1n) is 22.6. The average molecular weight is 854 g/mol. The third-order valence-corrected chi connectivity index (χ3v) is 13.0. The van der Waals surface area contributed by atoms with E-state index in [2.05, 4.69) is 235 Å². The van der Waals surface area contributed by atoms with Crippen molar-refractivity contribution < 1.29 is 0 Å². The smallest absolute Gasteiger partial charge is 0.160 e. The fraction of sp³-hybridized carbons (Fsp3) is 0. The Morgan fingerprint density at radius 1 is 0.299 bits per heavy atom. The summed E-state index contributed by atoms with van der Waals surface area (Å²) in [6.07, 6.45) is 2.16. The van der Waals surface area contributed by atoms with Gasteiger partial charge in [-0.1, -0.05) is 194 Å². The molecule has 13 rings (SSSR count). The topological polar surface area (TPSA) is 56.0 Å². The summed E-state index contributed by atoms with van der Waals surface area (Å²) in [6, 6.07) is 81.2. The van der Waals surface area contributed by atoms with Gasteiger partial charge in [0.2, 0.25) is 0 Å². The van der Waals surface area contributed by atoms with Crippen molar-refractivity contribution in [3.8, 4) is 78.8 Å². The Morgan fingerprint density at radius 3 is 1.58 bits per heavy atom. The molecule has 0 saturated heterocycles. The van der Waals surface area contributed by atoms with Gasteiger partial charge in [-0.15, -0.1) is 0 Å². The molecule has 4 aromatic heterocycles. The minimum Gasteiger partial charge on any atom is -0.298 e. The van der Waals surface area contributed by atoms with E-state index in [1.165, 1.54) is 16.2 Å². The summed E-state index contributed by atoms with van der Waals surface area (Å²) >= 11 is 0. The highest BCUT2D eigenvalue weighted by Crippen LogP contribution is 2.41. The molecule has 0 radical (unpaired) electrons. The Labute approximate surface area is 387 Å². The van der Waals surface area contributed by atoms with Crippen molar-refractivity contribution in [3.63, 3.8) is 0 Å². The first kappa shape index (κ1) is 38.4. The van der Waals surface area contributed by atoms with Crippen LogP contribution >= 0.6 is 0 Å². The number of pyridine rings is 2. The normalized spacial score (nSPS) is 11.6. The lowest BCUT2D eigenvalue weighted by Gasteiger charge is -2.13. The van der Waals surface area contributed by atoms with Gasteiger partial charge in [-0.05, 0) is 69.1 Å². The van der Waals surface area contributed by atoms with Crippen molar-refractivity contribution in [2.45, 2.75) is 0 Å². The maximum absolute atomic E-state index is 5.53. The summed E-state index contributed by atoms with van der Waals surface area (Å²) in [7, 11) is 0. The Morgan fingerprint density at radius 2 is 0.851 bits per heavy atom. The third kappa shape index (κ3) is 6.80. The number of para-hydroxylation sites is 1. The third-order valence-electron chi connectivity index (χ3n) is 13.0. The van der Waals surface area contributed by atoms with E-state index in [0.29, 0.717) is 5.82 Å². The fourth-order valence-electron chi connectivity index (χ4n) is 9.65. The van der Waals surface area contributed by atoms with Gasteiger partial charge in [0, 0.05) is 55.7 Å². The molecule has 0 fully saturated rings. The summed E-state index contributed by atoms with van der Waals surface area (Å²) in [5, 5.41) is 7.94. The van der Waals surface area contributed by atoms with Gasteiger partial charge in [0.1, 0.15) is 5.65 Å². The minimum atomic E-state index is 0.693. The number of rotatable bonds is 7. The number of benzene rings is 9. The molecule has 5 heteroatoms. The van der Waals surface area contributed by atoms with E-state index >= 15 is 0 Å². The van der Waals surface area contributed by atoms with Crippen molar-refractivity contribution in [1.29, 1.82) is 0 Å². The van der Waals surface area contributed by atoms with Crippen LogP contribution in [0.4, 0.5) is 0 Å². The maximum atomic E-state index is 5.53. The molecule has 0 aliphatic heterocycles.